The summed E-state index contributed by atoms with van der Waals surface area (Å²) in [7, 11) is -5.57. The van der Waals surface area contributed by atoms with Crippen molar-refractivity contribution >= 4 is 38.5 Å². The highest BCUT2D eigenvalue weighted by Crippen LogP contribution is 2.29. The number of carboxylic acid groups (broad SMARTS) is 1. The van der Waals surface area contributed by atoms with Crippen LogP contribution in [0.3, 0.4) is 0 Å². The van der Waals surface area contributed by atoms with Crippen LogP contribution in [0.15, 0.2) is 42.5 Å². The van der Waals surface area contributed by atoms with Crippen molar-refractivity contribution in [1.82, 2.24) is 10.3 Å². The highest BCUT2D eigenvalue weighted by atomic mass is 32.2. The normalized spacial score (nSPS) is 12.0. The third kappa shape index (κ3) is 5.02. The predicted octanol–water partition coefficient (Wildman–Crippen LogP) is 3.29. The van der Waals surface area contributed by atoms with Crippen molar-refractivity contribution in [3.05, 3.63) is 64.8 Å². The number of nitrogens with one attached hydrogen (secondary N) is 3. The van der Waals surface area contributed by atoms with E-state index in [1.807, 2.05) is 0 Å². The zero-order valence-corrected chi connectivity index (χ0v) is 17.4. The summed E-state index contributed by atoms with van der Waals surface area (Å²) in [5, 5.41) is 12.0. The van der Waals surface area contributed by atoms with Crippen molar-refractivity contribution in [3.8, 4) is 0 Å². The number of sulfonamides is 1. The summed E-state index contributed by atoms with van der Waals surface area (Å²) < 4.78 is 62.1. The van der Waals surface area contributed by atoms with E-state index in [9.17, 15) is 31.2 Å². The van der Waals surface area contributed by atoms with Crippen molar-refractivity contribution in [1.29, 1.82) is 0 Å². The van der Waals surface area contributed by atoms with Crippen molar-refractivity contribution in [2.24, 2.45) is 0 Å². The smallest absolute Gasteiger partial charge is 0.478 e. The Hall–Kier alpha value is -3.54. The van der Waals surface area contributed by atoms with Crippen LogP contribution in [0.1, 0.15) is 27.2 Å². The van der Waals surface area contributed by atoms with Crippen LogP contribution in [0.5, 0.6) is 0 Å². The minimum atomic E-state index is -5.57. The Bertz CT molecular complexity index is 1280. The number of fused-ring (bicyclic) bond motifs is 1. The Balaban J connectivity index is 1.75. The van der Waals surface area contributed by atoms with Gasteiger partial charge in [0.15, 0.2) is 0 Å². The minimum Gasteiger partial charge on any atom is -0.478 e. The molecule has 0 saturated carbocycles. The number of halogens is 3. The maximum absolute atomic E-state index is 12.6. The van der Waals surface area contributed by atoms with Crippen molar-refractivity contribution in [2.75, 3.05) is 4.72 Å². The fourth-order valence-electron chi connectivity index (χ4n) is 3.08. The highest BCUT2D eigenvalue weighted by Gasteiger charge is 2.46. The molecule has 3 aromatic rings. The summed E-state index contributed by atoms with van der Waals surface area (Å²) in [4.78, 5) is 26.3. The molecule has 0 aliphatic carbocycles. The van der Waals surface area contributed by atoms with Gasteiger partial charge in [0.25, 0.3) is 0 Å². The number of aryl methyl sites for hydroxylation is 1. The molecule has 2 aromatic carbocycles. The number of aromatic amines is 1. The van der Waals surface area contributed by atoms with Crippen LogP contribution in [-0.2, 0) is 27.8 Å². The Morgan fingerprint density at radius 2 is 1.75 bits per heavy atom. The molecule has 8 nitrogen and oxygen atoms in total. The van der Waals surface area contributed by atoms with E-state index in [0.717, 1.165) is 0 Å². The molecule has 1 amide bonds. The fourth-order valence-corrected chi connectivity index (χ4v) is 3.63. The molecule has 0 radical (unpaired) electrons. The second-order valence-electron chi connectivity index (χ2n) is 7.00. The van der Waals surface area contributed by atoms with Gasteiger partial charge >= 0.3 is 21.5 Å². The number of carbonyl (C=O) groups is 2. The predicted molar refractivity (Wildman–Crippen MR) is 111 cm³/mol. The van der Waals surface area contributed by atoms with Gasteiger partial charge in [-0.25, -0.2) is 4.79 Å². The lowest BCUT2D eigenvalue weighted by Gasteiger charge is -2.11. The molecule has 0 unspecified atom stereocenters. The number of anilines is 1. The highest BCUT2D eigenvalue weighted by molar-refractivity contribution is 7.93. The van der Waals surface area contributed by atoms with Gasteiger partial charge in [0.05, 0.1) is 12.0 Å². The SMILES string of the molecule is Cc1[nH]c2ccc(NS(=O)(=O)C(F)(F)F)cc2c1CC(=O)NCc1ccc(C(=O)O)cc1. The maximum atomic E-state index is 12.6. The number of aromatic nitrogens is 1. The van der Waals surface area contributed by atoms with Gasteiger partial charge in [-0.1, -0.05) is 12.1 Å². The monoisotopic (exact) mass is 469 g/mol. The minimum absolute atomic E-state index is 0.103. The zero-order valence-electron chi connectivity index (χ0n) is 16.6. The number of rotatable bonds is 7. The van der Waals surface area contributed by atoms with Gasteiger partial charge < -0.3 is 15.4 Å². The second-order valence-corrected chi connectivity index (χ2v) is 8.67. The number of alkyl halides is 3. The summed E-state index contributed by atoms with van der Waals surface area (Å²) in [5.41, 5.74) is -3.29. The van der Waals surface area contributed by atoms with E-state index in [2.05, 4.69) is 10.3 Å². The van der Waals surface area contributed by atoms with E-state index in [1.165, 1.54) is 35.1 Å². The van der Waals surface area contributed by atoms with Gasteiger partial charge in [-0.2, -0.15) is 21.6 Å². The summed E-state index contributed by atoms with van der Waals surface area (Å²) in [6.07, 6.45) is -0.103. The lowest BCUT2D eigenvalue weighted by Crippen LogP contribution is -2.29. The van der Waals surface area contributed by atoms with E-state index < -0.39 is 21.5 Å². The van der Waals surface area contributed by atoms with Crippen LogP contribution >= 0.6 is 0 Å². The Labute approximate surface area is 180 Å². The van der Waals surface area contributed by atoms with Crippen molar-refractivity contribution in [2.45, 2.75) is 25.4 Å². The molecule has 4 N–H and O–H groups in total. The van der Waals surface area contributed by atoms with Crippen LogP contribution in [0.25, 0.3) is 10.9 Å². The molecule has 0 fully saturated rings. The molecule has 32 heavy (non-hydrogen) atoms. The fraction of sp³-hybridized carbons (Fsp3) is 0.200. The van der Waals surface area contributed by atoms with Crippen LogP contribution < -0.4 is 10.0 Å². The molecule has 0 saturated heterocycles. The lowest BCUT2D eigenvalue weighted by molar-refractivity contribution is -0.120. The second kappa shape index (κ2) is 8.54. The van der Waals surface area contributed by atoms with Gasteiger partial charge in [-0.15, -0.1) is 0 Å². The van der Waals surface area contributed by atoms with E-state index in [0.29, 0.717) is 27.7 Å². The number of aromatic carboxylic acids is 1. The summed E-state index contributed by atoms with van der Waals surface area (Å²) >= 11 is 0. The number of carbonyl (C=O) groups excluding carboxylic acids is 1. The van der Waals surface area contributed by atoms with Crippen LogP contribution in [0.2, 0.25) is 0 Å². The van der Waals surface area contributed by atoms with Crippen molar-refractivity contribution in [3.63, 3.8) is 0 Å². The first kappa shape index (κ1) is 23.1. The standard InChI is InChI=1S/C20H18F3N3O5S/c1-11-15(9-18(27)24-10-12-2-4-13(5-3-12)19(28)29)16-8-14(6-7-17(16)25-11)26-32(30,31)20(21,22)23/h2-8,25-26H,9-10H2,1H3,(H,24,27)(H,28,29). The largest absolute Gasteiger partial charge is 0.516 e. The molecule has 0 spiro atoms. The van der Waals surface area contributed by atoms with Gasteiger partial charge in [-0.3, -0.25) is 9.52 Å². The number of H-pyrrole nitrogens is 1. The third-order valence-electron chi connectivity index (χ3n) is 4.70. The number of benzene rings is 2. The molecular weight excluding hydrogens is 451 g/mol. The first-order chi connectivity index (χ1) is 14.9. The van der Waals surface area contributed by atoms with Gasteiger partial charge in [0, 0.05) is 28.8 Å². The van der Waals surface area contributed by atoms with Crippen LogP contribution in [0, 0.1) is 6.92 Å². The van der Waals surface area contributed by atoms with Gasteiger partial charge in [0.1, 0.15) is 0 Å². The molecule has 0 aliphatic rings. The zero-order chi connectivity index (χ0) is 23.7. The molecule has 0 atom stereocenters. The summed E-state index contributed by atoms with van der Waals surface area (Å²) in [6, 6.07) is 9.80. The van der Waals surface area contributed by atoms with E-state index >= 15 is 0 Å². The molecule has 170 valence electrons. The topological polar surface area (TPSA) is 128 Å². The Morgan fingerprint density at radius 3 is 2.34 bits per heavy atom. The van der Waals surface area contributed by atoms with Crippen LogP contribution in [-0.4, -0.2) is 35.9 Å². The molecule has 3 rings (SSSR count). The quantitative estimate of drug-likeness (QED) is 0.422. The Morgan fingerprint density at radius 1 is 1.09 bits per heavy atom. The summed E-state index contributed by atoms with van der Waals surface area (Å²) in [6.45, 7) is 1.84. The number of carboxylic acids is 1. The van der Waals surface area contributed by atoms with Gasteiger partial charge in [0.2, 0.25) is 5.91 Å². The van der Waals surface area contributed by atoms with Gasteiger partial charge in [-0.05, 0) is 48.4 Å². The van der Waals surface area contributed by atoms with Crippen molar-refractivity contribution < 1.29 is 36.3 Å². The molecule has 1 aromatic heterocycles. The van der Waals surface area contributed by atoms with E-state index in [-0.39, 0.29) is 30.1 Å². The third-order valence-corrected chi connectivity index (χ3v) is 5.82. The first-order valence-corrected chi connectivity index (χ1v) is 10.6. The van der Waals surface area contributed by atoms with Crippen LogP contribution in [0.4, 0.5) is 18.9 Å². The molecule has 1 heterocycles. The first-order valence-electron chi connectivity index (χ1n) is 9.16. The average molecular weight is 469 g/mol. The van der Waals surface area contributed by atoms with E-state index in [1.54, 1.807) is 19.1 Å². The summed E-state index contributed by atoms with van der Waals surface area (Å²) in [5.74, 6) is -1.44. The molecule has 12 heteroatoms. The lowest BCUT2D eigenvalue weighted by atomic mass is 10.1. The number of hydrogen-bond donors (Lipinski definition) is 4. The Kier molecular flexibility index (Phi) is 6.17. The maximum Gasteiger partial charge on any atom is 0.516 e. The molecule has 0 bridgehead atoms. The molecular formula is C20H18F3N3O5S. The number of amides is 1. The molecule has 0 aliphatic heterocycles. The number of hydrogen-bond acceptors (Lipinski definition) is 4. The van der Waals surface area contributed by atoms with E-state index in [4.69, 9.17) is 5.11 Å². The average Bonchev–Trinajstić information content (AvgIpc) is 3.00.